The third-order valence-corrected chi connectivity index (χ3v) is 2.46. The fourth-order valence-corrected chi connectivity index (χ4v) is 1.77. The molecule has 6 nitrogen and oxygen atoms in total. The third kappa shape index (κ3) is 1.99. The molecule has 0 fully saturated rings. The molecule has 0 radical (unpaired) electrons. The number of aromatic nitrogens is 2. The zero-order valence-corrected chi connectivity index (χ0v) is 8.00. The molecule has 1 aromatic heterocycles. The molecular formula is C5H5ClN2O4S. The molecule has 72 valence electrons. The molecule has 0 aliphatic heterocycles. The molecule has 0 atom stereocenters. The van der Waals surface area contributed by atoms with E-state index >= 15 is 0 Å². The van der Waals surface area contributed by atoms with E-state index in [2.05, 4.69) is 5.10 Å². The van der Waals surface area contributed by atoms with Crippen LogP contribution in [0.25, 0.3) is 0 Å². The molecule has 0 unspecified atom stereocenters. The Labute approximate surface area is 78.2 Å². The summed E-state index contributed by atoms with van der Waals surface area (Å²) in [5, 5.41) is 11.3. The Morgan fingerprint density at radius 3 is 2.54 bits per heavy atom. The SMILES string of the molecule is Cn1cc(C(=O)O)c(S(=O)(=O)Cl)n1. The van der Waals surface area contributed by atoms with Crippen LogP contribution in [0.15, 0.2) is 11.2 Å². The molecule has 0 saturated carbocycles. The number of carboxylic acids is 1. The van der Waals surface area contributed by atoms with Crippen molar-refractivity contribution in [2.45, 2.75) is 5.03 Å². The molecule has 0 spiro atoms. The van der Waals surface area contributed by atoms with E-state index in [1.165, 1.54) is 7.05 Å². The molecule has 0 bridgehead atoms. The zero-order chi connectivity index (χ0) is 10.2. The summed E-state index contributed by atoms with van der Waals surface area (Å²) in [6.07, 6.45) is 1.07. The number of rotatable bonds is 2. The number of hydrogen-bond acceptors (Lipinski definition) is 4. The molecule has 0 saturated heterocycles. The lowest BCUT2D eigenvalue weighted by Crippen LogP contribution is -2.02. The Hall–Kier alpha value is -1.08. The Morgan fingerprint density at radius 1 is 1.69 bits per heavy atom. The van der Waals surface area contributed by atoms with Gasteiger partial charge in [0.1, 0.15) is 5.56 Å². The van der Waals surface area contributed by atoms with Crippen LogP contribution in [0.3, 0.4) is 0 Å². The summed E-state index contributed by atoms with van der Waals surface area (Å²) in [5.74, 6) is -1.38. The lowest BCUT2D eigenvalue weighted by atomic mass is 10.4. The highest BCUT2D eigenvalue weighted by molar-refractivity contribution is 8.13. The minimum Gasteiger partial charge on any atom is -0.478 e. The van der Waals surface area contributed by atoms with E-state index in [4.69, 9.17) is 15.8 Å². The topological polar surface area (TPSA) is 89.3 Å². The summed E-state index contributed by atoms with van der Waals surface area (Å²) in [6, 6.07) is 0. The van der Waals surface area contributed by atoms with E-state index in [9.17, 15) is 13.2 Å². The second-order valence-corrected chi connectivity index (χ2v) is 4.75. The minimum absolute atomic E-state index is 0.433. The van der Waals surface area contributed by atoms with Crippen molar-refractivity contribution < 1.29 is 18.3 Å². The monoisotopic (exact) mass is 224 g/mol. The number of carbonyl (C=O) groups is 1. The van der Waals surface area contributed by atoms with Crippen LogP contribution in [0.2, 0.25) is 0 Å². The fourth-order valence-electron chi connectivity index (χ4n) is 0.795. The molecular weight excluding hydrogens is 220 g/mol. The van der Waals surface area contributed by atoms with Crippen LogP contribution < -0.4 is 0 Å². The molecule has 0 aliphatic rings. The summed E-state index contributed by atoms with van der Waals surface area (Å²) in [5.41, 5.74) is -0.433. The van der Waals surface area contributed by atoms with Crippen molar-refractivity contribution in [3.63, 3.8) is 0 Å². The normalized spacial score (nSPS) is 11.5. The Morgan fingerprint density at radius 2 is 2.23 bits per heavy atom. The van der Waals surface area contributed by atoms with Crippen LogP contribution >= 0.6 is 10.7 Å². The largest absolute Gasteiger partial charge is 0.478 e. The van der Waals surface area contributed by atoms with E-state index in [-0.39, 0.29) is 0 Å². The van der Waals surface area contributed by atoms with Crippen LogP contribution in [0, 0.1) is 0 Å². The fraction of sp³-hybridized carbons (Fsp3) is 0.200. The van der Waals surface area contributed by atoms with Gasteiger partial charge in [0, 0.05) is 23.9 Å². The van der Waals surface area contributed by atoms with Gasteiger partial charge in [0.2, 0.25) is 5.03 Å². The van der Waals surface area contributed by atoms with Crippen LogP contribution in [-0.2, 0) is 16.1 Å². The number of nitrogens with zero attached hydrogens (tertiary/aromatic N) is 2. The number of halogens is 1. The van der Waals surface area contributed by atoms with Gasteiger partial charge >= 0.3 is 5.97 Å². The molecule has 13 heavy (non-hydrogen) atoms. The lowest BCUT2D eigenvalue weighted by molar-refractivity contribution is 0.0692. The molecule has 0 aliphatic carbocycles. The Kier molecular flexibility index (Phi) is 2.31. The van der Waals surface area contributed by atoms with E-state index in [0.29, 0.717) is 0 Å². The van der Waals surface area contributed by atoms with E-state index < -0.39 is 25.6 Å². The van der Waals surface area contributed by atoms with E-state index in [0.717, 1.165) is 10.9 Å². The minimum atomic E-state index is -4.10. The predicted molar refractivity (Wildman–Crippen MR) is 43.2 cm³/mol. The van der Waals surface area contributed by atoms with Crippen molar-refractivity contribution in [1.82, 2.24) is 9.78 Å². The first kappa shape index (κ1) is 10.0. The van der Waals surface area contributed by atoms with Gasteiger partial charge < -0.3 is 5.11 Å². The molecule has 0 aromatic carbocycles. The predicted octanol–water partition coefficient (Wildman–Crippen LogP) is 0.0458. The van der Waals surface area contributed by atoms with Crippen molar-refractivity contribution in [3.8, 4) is 0 Å². The summed E-state index contributed by atoms with van der Waals surface area (Å²) in [4.78, 5) is 10.5. The van der Waals surface area contributed by atoms with Gasteiger partial charge in [-0.05, 0) is 0 Å². The van der Waals surface area contributed by atoms with E-state index in [1.807, 2.05) is 0 Å². The smallest absolute Gasteiger partial charge is 0.340 e. The Bertz CT molecular complexity index is 449. The lowest BCUT2D eigenvalue weighted by Gasteiger charge is -1.90. The quantitative estimate of drug-likeness (QED) is 0.717. The van der Waals surface area contributed by atoms with Gasteiger partial charge in [-0.1, -0.05) is 0 Å². The van der Waals surface area contributed by atoms with Gasteiger partial charge in [-0.15, -0.1) is 0 Å². The van der Waals surface area contributed by atoms with E-state index in [1.54, 1.807) is 0 Å². The molecule has 1 N–H and O–H groups in total. The Balaban J connectivity index is 3.46. The van der Waals surface area contributed by atoms with Gasteiger partial charge in [-0.3, -0.25) is 4.68 Å². The van der Waals surface area contributed by atoms with Gasteiger partial charge in [0.15, 0.2) is 0 Å². The average molecular weight is 225 g/mol. The maximum atomic E-state index is 10.8. The zero-order valence-electron chi connectivity index (χ0n) is 6.43. The van der Waals surface area contributed by atoms with Crippen LogP contribution in [0.5, 0.6) is 0 Å². The summed E-state index contributed by atoms with van der Waals surface area (Å²) >= 11 is 0. The van der Waals surface area contributed by atoms with Crippen LogP contribution in [0.1, 0.15) is 10.4 Å². The van der Waals surface area contributed by atoms with Gasteiger partial charge in [0.05, 0.1) is 0 Å². The number of hydrogen-bond donors (Lipinski definition) is 1. The van der Waals surface area contributed by atoms with Crippen molar-refractivity contribution in [3.05, 3.63) is 11.8 Å². The molecule has 1 rings (SSSR count). The highest BCUT2D eigenvalue weighted by Gasteiger charge is 2.24. The number of aromatic carboxylic acids is 1. The molecule has 0 amide bonds. The molecule has 8 heteroatoms. The van der Waals surface area contributed by atoms with Crippen molar-refractivity contribution in [2.24, 2.45) is 7.05 Å². The standard InChI is InChI=1S/C5H5ClN2O4S/c1-8-2-3(5(9)10)4(7-8)13(6,11)12/h2H,1H3,(H,9,10). The summed E-state index contributed by atoms with van der Waals surface area (Å²) in [6.45, 7) is 0. The number of carboxylic acid groups (broad SMARTS) is 1. The molecule has 1 heterocycles. The van der Waals surface area contributed by atoms with Crippen molar-refractivity contribution >= 4 is 25.7 Å². The van der Waals surface area contributed by atoms with Gasteiger partial charge in [-0.25, -0.2) is 13.2 Å². The molecule has 1 aromatic rings. The summed E-state index contributed by atoms with van der Waals surface area (Å²) < 4.78 is 22.7. The first-order valence-corrected chi connectivity index (χ1v) is 5.35. The second-order valence-electron chi connectivity index (χ2n) is 2.26. The summed E-state index contributed by atoms with van der Waals surface area (Å²) in [7, 11) is 2.26. The maximum Gasteiger partial charge on any atom is 0.340 e. The van der Waals surface area contributed by atoms with Crippen LogP contribution in [0.4, 0.5) is 0 Å². The van der Waals surface area contributed by atoms with Gasteiger partial charge in [-0.2, -0.15) is 5.10 Å². The van der Waals surface area contributed by atoms with Gasteiger partial charge in [0.25, 0.3) is 9.05 Å². The highest BCUT2D eigenvalue weighted by Crippen LogP contribution is 2.17. The highest BCUT2D eigenvalue weighted by atomic mass is 35.7. The first-order valence-electron chi connectivity index (χ1n) is 3.04. The third-order valence-electron chi connectivity index (χ3n) is 1.26. The van der Waals surface area contributed by atoms with Crippen molar-refractivity contribution in [1.29, 1.82) is 0 Å². The maximum absolute atomic E-state index is 10.8. The van der Waals surface area contributed by atoms with Crippen molar-refractivity contribution in [2.75, 3.05) is 0 Å². The second kappa shape index (κ2) is 3.00. The first-order chi connectivity index (χ1) is 5.82. The van der Waals surface area contributed by atoms with Crippen LogP contribution in [-0.4, -0.2) is 29.3 Å². The average Bonchev–Trinajstić information content (AvgIpc) is 2.29. The number of aryl methyl sites for hydroxylation is 1.